The lowest BCUT2D eigenvalue weighted by Crippen LogP contribution is -2.30. The first kappa shape index (κ1) is 26.2. The van der Waals surface area contributed by atoms with Gasteiger partial charge in [-0.25, -0.2) is 4.39 Å². The zero-order chi connectivity index (χ0) is 26.6. The normalized spacial score (nSPS) is 11.8. The van der Waals surface area contributed by atoms with E-state index in [0.717, 1.165) is 35.4 Å². The summed E-state index contributed by atoms with van der Waals surface area (Å²) in [5.41, 5.74) is 2.44. The quantitative estimate of drug-likeness (QED) is 0.253. The van der Waals surface area contributed by atoms with Crippen LogP contribution in [0.15, 0.2) is 101 Å². The maximum atomic E-state index is 13.4. The van der Waals surface area contributed by atoms with E-state index in [1.54, 1.807) is 35.4 Å². The number of rotatable bonds is 8. The maximum Gasteiger partial charge on any atom is 0.339 e. The largest absolute Gasteiger partial charge is 0.467 e. The van der Waals surface area contributed by atoms with Gasteiger partial charge in [0.25, 0.3) is 5.91 Å². The van der Waals surface area contributed by atoms with Gasteiger partial charge in [-0.05, 0) is 77.2 Å². The van der Waals surface area contributed by atoms with Crippen molar-refractivity contribution in [2.24, 2.45) is 0 Å². The van der Waals surface area contributed by atoms with Gasteiger partial charge in [0.05, 0.1) is 12.8 Å². The third-order valence-electron chi connectivity index (χ3n) is 5.82. The number of halogens is 1. The molecule has 0 saturated carbocycles. The van der Waals surface area contributed by atoms with Gasteiger partial charge >= 0.3 is 10.1 Å². The molecule has 0 N–H and O–H groups in total. The lowest BCUT2D eigenvalue weighted by atomic mass is 9.86. The fourth-order valence-corrected chi connectivity index (χ4v) is 4.66. The topological polar surface area (TPSA) is 76.8 Å². The Morgan fingerprint density at radius 2 is 1.54 bits per heavy atom. The predicted octanol–water partition coefficient (Wildman–Crippen LogP) is 6.33. The first-order valence-electron chi connectivity index (χ1n) is 11.7. The minimum atomic E-state index is -4.11. The van der Waals surface area contributed by atoms with Crippen molar-refractivity contribution in [3.05, 3.63) is 119 Å². The van der Waals surface area contributed by atoms with E-state index >= 15 is 0 Å². The number of carbonyl (C=O) groups is 1. The first-order valence-corrected chi connectivity index (χ1v) is 13.1. The molecule has 1 heterocycles. The summed E-state index contributed by atoms with van der Waals surface area (Å²) in [6, 6.07) is 22.0. The van der Waals surface area contributed by atoms with Crippen LogP contribution in [0, 0.1) is 5.82 Å². The Bertz CT molecular complexity index is 1440. The Morgan fingerprint density at radius 1 is 0.892 bits per heavy atom. The molecular weight excluding hydrogens is 493 g/mol. The second kappa shape index (κ2) is 10.6. The molecule has 8 heteroatoms. The van der Waals surface area contributed by atoms with Crippen LogP contribution in [-0.4, -0.2) is 19.2 Å². The summed E-state index contributed by atoms with van der Waals surface area (Å²) in [6.07, 6.45) is 1.56. The number of nitrogens with zero attached hydrogens (tertiary/aromatic N) is 1. The maximum absolute atomic E-state index is 13.4. The number of hydrogen-bond donors (Lipinski definition) is 0. The van der Waals surface area contributed by atoms with Gasteiger partial charge in [-0.3, -0.25) is 4.79 Å². The smallest absolute Gasteiger partial charge is 0.339 e. The molecule has 192 valence electrons. The molecule has 6 nitrogen and oxygen atoms in total. The van der Waals surface area contributed by atoms with Crippen LogP contribution in [0.2, 0.25) is 0 Å². The van der Waals surface area contributed by atoms with Crippen LogP contribution in [0.5, 0.6) is 5.75 Å². The lowest BCUT2D eigenvalue weighted by Gasteiger charge is -2.23. The van der Waals surface area contributed by atoms with Crippen LogP contribution >= 0.6 is 0 Å². The second-order valence-electron chi connectivity index (χ2n) is 9.70. The molecule has 0 bridgehead atoms. The van der Waals surface area contributed by atoms with Crippen LogP contribution in [0.3, 0.4) is 0 Å². The van der Waals surface area contributed by atoms with Crippen molar-refractivity contribution in [1.29, 1.82) is 0 Å². The van der Waals surface area contributed by atoms with Gasteiger partial charge in [0, 0.05) is 12.1 Å². The zero-order valence-corrected chi connectivity index (χ0v) is 21.7. The van der Waals surface area contributed by atoms with E-state index in [4.69, 9.17) is 8.60 Å². The van der Waals surface area contributed by atoms with Crippen molar-refractivity contribution < 1.29 is 26.2 Å². The van der Waals surface area contributed by atoms with E-state index in [-0.39, 0.29) is 35.1 Å². The zero-order valence-electron chi connectivity index (χ0n) is 20.8. The molecule has 0 radical (unpaired) electrons. The fourth-order valence-electron chi connectivity index (χ4n) is 3.73. The molecule has 1 amide bonds. The predicted molar refractivity (Wildman–Crippen MR) is 138 cm³/mol. The molecule has 0 aliphatic carbocycles. The molecule has 0 aliphatic heterocycles. The molecule has 37 heavy (non-hydrogen) atoms. The molecule has 3 aromatic carbocycles. The fraction of sp³-hybridized carbons (Fsp3) is 0.207. The van der Waals surface area contributed by atoms with Crippen LogP contribution < -0.4 is 4.18 Å². The van der Waals surface area contributed by atoms with Gasteiger partial charge in [0.1, 0.15) is 22.2 Å². The van der Waals surface area contributed by atoms with E-state index < -0.39 is 15.9 Å². The van der Waals surface area contributed by atoms with E-state index in [9.17, 15) is 17.6 Å². The molecule has 0 saturated heterocycles. The van der Waals surface area contributed by atoms with Crippen molar-refractivity contribution in [3.63, 3.8) is 0 Å². The Morgan fingerprint density at radius 3 is 2.11 bits per heavy atom. The molecule has 4 aromatic rings. The van der Waals surface area contributed by atoms with Gasteiger partial charge in [-0.2, -0.15) is 8.42 Å². The third kappa shape index (κ3) is 6.65. The summed E-state index contributed by atoms with van der Waals surface area (Å²) >= 11 is 0. The summed E-state index contributed by atoms with van der Waals surface area (Å²) in [7, 11) is -4.11. The molecule has 0 aliphatic rings. The summed E-state index contributed by atoms with van der Waals surface area (Å²) in [6.45, 7) is 6.89. The van der Waals surface area contributed by atoms with Gasteiger partial charge in [-0.15, -0.1) is 0 Å². The number of carbonyl (C=O) groups excluding carboxylic acids is 1. The summed E-state index contributed by atoms with van der Waals surface area (Å²) in [5.74, 6) is 0.0536. The molecule has 0 unspecified atom stereocenters. The number of benzene rings is 3. The standard InChI is InChI=1S/C29H28FNO5S/c1-29(2,3)23-10-8-22(9-11-23)28(32)31(20-26-5-4-18-35-26)19-21-6-14-25(15-7-21)36-37(33,34)27-16-12-24(30)13-17-27/h4-18H,19-20H2,1-3H3. The highest BCUT2D eigenvalue weighted by atomic mass is 32.2. The molecule has 0 spiro atoms. The first-order chi connectivity index (χ1) is 17.5. The molecular formula is C29H28FNO5S. The Balaban J connectivity index is 1.51. The van der Waals surface area contributed by atoms with Crippen LogP contribution in [-0.2, 0) is 28.6 Å². The summed E-state index contributed by atoms with van der Waals surface area (Å²) in [5, 5.41) is 0. The summed E-state index contributed by atoms with van der Waals surface area (Å²) < 4.78 is 48.7. The number of hydrogen-bond acceptors (Lipinski definition) is 5. The van der Waals surface area contributed by atoms with Gasteiger partial charge < -0.3 is 13.5 Å². The van der Waals surface area contributed by atoms with Gasteiger partial charge in [-0.1, -0.05) is 45.0 Å². The molecule has 1 aromatic heterocycles. The molecule has 0 fully saturated rings. The van der Waals surface area contributed by atoms with Crippen LogP contribution in [0.4, 0.5) is 4.39 Å². The molecule has 4 rings (SSSR count). The van der Waals surface area contributed by atoms with Crippen molar-refractivity contribution in [2.45, 2.75) is 44.2 Å². The lowest BCUT2D eigenvalue weighted by molar-refractivity contribution is 0.0717. The van der Waals surface area contributed by atoms with Crippen LogP contribution in [0.1, 0.15) is 48.0 Å². The third-order valence-corrected chi connectivity index (χ3v) is 7.08. The van der Waals surface area contributed by atoms with E-state index in [0.29, 0.717) is 11.3 Å². The van der Waals surface area contributed by atoms with Gasteiger partial charge in [0.2, 0.25) is 0 Å². The minimum absolute atomic E-state index is 0.0244. The van der Waals surface area contributed by atoms with Crippen molar-refractivity contribution in [3.8, 4) is 5.75 Å². The van der Waals surface area contributed by atoms with Gasteiger partial charge in [0.15, 0.2) is 0 Å². The molecule has 0 atom stereocenters. The highest BCUT2D eigenvalue weighted by molar-refractivity contribution is 7.87. The Kier molecular flexibility index (Phi) is 7.50. The summed E-state index contributed by atoms with van der Waals surface area (Å²) in [4.78, 5) is 14.9. The van der Waals surface area contributed by atoms with E-state index in [1.807, 2.05) is 24.3 Å². The van der Waals surface area contributed by atoms with E-state index in [2.05, 4.69) is 20.8 Å². The average Bonchev–Trinajstić information content (AvgIpc) is 3.37. The Labute approximate surface area is 216 Å². The van der Waals surface area contributed by atoms with E-state index in [1.165, 1.54) is 12.1 Å². The second-order valence-corrected chi connectivity index (χ2v) is 11.2. The SMILES string of the molecule is CC(C)(C)c1ccc(C(=O)N(Cc2ccc(OS(=O)(=O)c3ccc(F)cc3)cc2)Cc2ccco2)cc1. The monoisotopic (exact) mass is 521 g/mol. The van der Waals surface area contributed by atoms with Crippen LogP contribution in [0.25, 0.3) is 0 Å². The number of amides is 1. The number of furan rings is 1. The highest BCUT2D eigenvalue weighted by Gasteiger charge is 2.21. The van der Waals surface area contributed by atoms with Crippen molar-refractivity contribution in [2.75, 3.05) is 0 Å². The minimum Gasteiger partial charge on any atom is -0.467 e. The highest BCUT2D eigenvalue weighted by Crippen LogP contribution is 2.24. The van der Waals surface area contributed by atoms with Crippen molar-refractivity contribution in [1.82, 2.24) is 4.90 Å². The average molecular weight is 522 g/mol. The Hall–Kier alpha value is -3.91. The van der Waals surface area contributed by atoms with Crippen molar-refractivity contribution >= 4 is 16.0 Å².